The molecule has 2 rings (SSSR count). The van der Waals surface area contributed by atoms with E-state index in [-0.39, 0.29) is 11.3 Å². The van der Waals surface area contributed by atoms with Gasteiger partial charge in [-0.1, -0.05) is 6.07 Å². The highest BCUT2D eigenvalue weighted by Gasteiger charge is 2.07. The van der Waals surface area contributed by atoms with Crippen molar-refractivity contribution >= 4 is 11.0 Å². The first-order valence-electron chi connectivity index (χ1n) is 4.26. The minimum Gasteiger partial charge on any atom is -0.506 e. The zero-order valence-electron chi connectivity index (χ0n) is 7.98. The van der Waals surface area contributed by atoms with Crippen molar-refractivity contribution in [2.24, 2.45) is 7.05 Å². The lowest BCUT2D eigenvalue weighted by atomic mass is 10.2. The second kappa shape index (κ2) is 2.83. The van der Waals surface area contributed by atoms with Gasteiger partial charge in [-0.25, -0.2) is 4.98 Å². The molecule has 0 bridgehead atoms. The molecule has 2 aromatic rings. The number of fused-ring (bicyclic) bond motifs is 1. The average Bonchev–Trinajstić information content (AvgIpc) is 2.17. The van der Waals surface area contributed by atoms with Gasteiger partial charge in [-0.2, -0.15) is 0 Å². The summed E-state index contributed by atoms with van der Waals surface area (Å²) in [6, 6.07) is 5.00. The highest BCUT2D eigenvalue weighted by molar-refractivity contribution is 5.80. The van der Waals surface area contributed by atoms with Crippen molar-refractivity contribution in [2.75, 3.05) is 0 Å². The molecule has 0 radical (unpaired) electrons. The molecule has 0 atom stereocenters. The number of hydrogen-bond donors (Lipinski definition) is 1. The van der Waals surface area contributed by atoms with Gasteiger partial charge in [0.25, 0.3) is 5.56 Å². The molecular weight excluding hydrogens is 180 g/mol. The molecule has 0 unspecified atom stereocenters. The monoisotopic (exact) mass is 190 g/mol. The topological polar surface area (TPSA) is 55.1 Å². The molecular formula is C10H10N2O2. The molecule has 0 aliphatic heterocycles. The second-order valence-electron chi connectivity index (χ2n) is 3.21. The molecule has 1 heterocycles. The SMILES string of the molecule is Cc1nc2c(O)cccc2n(C)c1=O. The van der Waals surface area contributed by atoms with E-state index in [1.54, 1.807) is 32.2 Å². The van der Waals surface area contributed by atoms with E-state index in [2.05, 4.69) is 4.98 Å². The van der Waals surface area contributed by atoms with Crippen molar-refractivity contribution in [1.82, 2.24) is 9.55 Å². The smallest absolute Gasteiger partial charge is 0.272 e. The summed E-state index contributed by atoms with van der Waals surface area (Å²) in [5.74, 6) is 0.0983. The van der Waals surface area contributed by atoms with Gasteiger partial charge < -0.3 is 9.67 Å². The van der Waals surface area contributed by atoms with Gasteiger partial charge in [0.2, 0.25) is 0 Å². The van der Waals surface area contributed by atoms with Crippen molar-refractivity contribution < 1.29 is 5.11 Å². The van der Waals surface area contributed by atoms with Crippen LogP contribution in [-0.2, 0) is 7.05 Å². The third kappa shape index (κ3) is 1.08. The zero-order chi connectivity index (χ0) is 10.3. The first-order valence-corrected chi connectivity index (χ1v) is 4.26. The quantitative estimate of drug-likeness (QED) is 0.672. The van der Waals surface area contributed by atoms with E-state index in [1.165, 1.54) is 4.57 Å². The number of hydrogen-bond acceptors (Lipinski definition) is 3. The molecule has 0 spiro atoms. The summed E-state index contributed by atoms with van der Waals surface area (Å²) < 4.78 is 1.48. The van der Waals surface area contributed by atoms with Crippen molar-refractivity contribution in [3.63, 3.8) is 0 Å². The Morgan fingerprint density at radius 3 is 2.86 bits per heavy atom. The van der Waals surface area contributed by atoms with E-state index in [0.29, 0.717) is 16.7 Å². The van der Waals surface area contributed by atoms with Gasteiger partial charge in [0.05, 0.1) is 5.52 Å². The molecule has 4 nitrogen and oxygen atoms in total. The van der Waals surface area contributed by atoms with Crippen LogP contribution in [-0.4, -0.2) is 14.7 Å². The van der Waals surface area contributed by atoms with E-state index >= 15 is 0 Å². The van der Waals surface area contributed by atoms with Crippen LogP contribution in [0.25, 0.3) is 11.0 Å². The van der Waals surface area contributed by atoms with Gasteiger partial charge >= 0.3 is 0 Å². The van der Waals surface area contributed by atoms with Crippen molar-refractivity contribution in [1.29, 1.82) is 0 Å². The lowest BCUT2D eigenvalue weighted by Crippen LogP contribution is -2.20. The number of nitrogens with zero attached hydrogens (tertiary/aromatic N) is 2. The van der Waals surface area contributed by atoms with Crippen LogP contribution in [0.15, 0.2) is 23.0 Å². The third-order valence-electron chi connectivity index (χ3n) is 2.25. The van der Waals surface area contributed by atoms with E-state index in [4.69, 9.17) is 0 Å². The Kier molecular flexibility index (Phi) is 1.77. The highest BCUT2D eigenvalue weighted by Crippen LogP contribution is 2.20. The van der Waals surface area contributed by atoms with Gasteiger partial charge in [-0.3, -0.25) is 4.79 Å². The number of phenolic OH excluding ortho intramolecular Hbond substituents is 1. The molecule has 4 heteroatoms. The van der Waals surface area contributed by atoms with Gasteiger partial charge in [-0.05, 0) is 19.1 Å². The van der Waals surface area contributed by atoms with E-state index in [0.717, 1.165) is 0 Å². The van der Waals surface area contributed by atoms with Gasteiger partial charge in [0.1, 0.15) is 17.0 Å². The summed E-state index contributed by atoms with van der Waals surface area (Å²) in [6.07, 6.45) is 0. The summed E-state index contributed by atoms with van der Waals surface area (Å²) in [5.41, 5.74) is 1.36. The number of para-hydroxylation sites is 1. The summed E-state index contributed by atoms with van der Waals surface area (Å²) in [4.78, 5) is 15.6. The summed E-state index contributed by atoms with van der Waals surface area (Å²) >= 11 is 0. The summed E-state index contributed by atoms with van der Waals surface area (Å²) in [7, 11) is 1.67. The second-order valence-corrected chi connectivity index (χ2v) is 3.21. The predicted octanol–water partition coefficient (Wildman–Crippen LogP) is 0.948. The Bertz CT molecular complexity index is 558. The van der Waals surface area contributed by atoms with Crippen LogP contribution in [0, 0.1) is 6.92 Å². The molecule has 0 saturated carbocycles. The Hall–Kier alpha value is -1.84. The predicted molar refractivity (Wildman–Crippen MR) is 53.4 cm³/mol. The first kappa shape index (κ1) is 8.74. The normalized spacial score (nSPS) is 10.7. The maximum Gasteiger partial charge on any atom is 0.272 e. The fourth-order valence-electron chi connectivity index (χ4n) is 1.47. The average molecular weight is 190 g/mol. The van der Waals surface area contributed by atoms with Gasteiger partial charge in [0, 0.05) is 7.05 Å². The lowest BCUT2D eigenvalue weighted by Gasteiger charge is -2.06. The zero-order valence-corrected chi connectivity index (χ0v) is 7.98. The number of aryl methyl sites for hydroxylation is 2. The highest BCUT2D eigenvalue weighted by atomic mass is 16.3. The standard InChI is InChI=1S/C10H10N2O2/c1-6-10(14)12(2)7-4-3-5-8(13)9(7)11-6/h3-5,13H,1-2H3. The number of aromatic hydroxyl groups is 1. The fraction of sp³-hybridized carbons (Fsp3) is 0.200. The molecule has 1 aromatic carbocycles. The third-order valence-corrected chi connectivity index (χ3v) is 2.25. The Labute approximate surface area is 80.4 Å². The van der Waals surface area contributed by atoms with E-state index < -0.39 is 0 Å². The van der Waals surface area contributed by atoms with Crippen molar-refractivity contribution in [3.05, 3.63) is 34.2 Å². The lowest BCUT2D eigenvalue weighted by molar-refractivity contribution is 0.480. The number of phenols is 1. The van der Waals surface area contributed by atoms with E-state index in [9.17, 15) is 9.90 Å². The Morgan fingerprint density at radius 2 is 2.14 bits per heavy atom. The molecule has 0 aliphatic carbocycles. The van der Waals surface area contributed by atoms with Crippen LogP contribution in [0.1, 0.15) is 5.69 Å². The molecule has 1 aromatic heterocycles. The minimum absolute atomic E-state index is 0.0983. The first-order chi connectivity index (χ1) is 6.61. The van der Waals surface area contributed by atoms with Crippen molar-refractivity contribution in [2.45, 2.75) is 6.92 Å². The fourth-order valence-corrected chi connectivity index (χ4v) is 1.47. The molecule has 0 aliphatic rings. The molecule has 1 N–H and O–H groups in total. The molecule has 0 amide bonds. The molecule has 0 saturated heterocycles. The summed E-state index contributed by atoms with van der Waals surface area (Å²) in [5, 5.41) is 9.53. The van der Waals surface area contributed by atoms with Crippen LogP contribution in [0.5, 0.6) is 5.75 Å². The van der Waals surface area contributed by atoms with Gasteiger partial charge in [-0.15, -0.1) is 0 Å². The van der Waals surface area contributed by atoms with Crippen LogP contribution in [0.2, 0.25) is 0 Å². The molecule has 72 valence electrons. The largest absolute Gasteiger partial charge is 0.506 e. The Morgan fingerprint density at radius 1 is 1.43 bits per heavy atom. The number of rotatable bonds is 0. The number of benzene rings is 1. The minimum atomic E-state index is -0.136. The van der Waals surface area contributed by atoms with Crippen LogP contribution >= 0.6 is 0 Å². The van der Waals surface area contributed by atoms with Crippen LogP contribution in [0.4, 0.5) is 0 Å². The van der Waals surface area contributed by atoms with E-state index in [1.807, 2.05) is 0 Å². The van der Waals surface area contributed by atoms with Crippen molar-refractivity contribution in [3.8, 4) is 5.75 Å². The molecule has 14 heavy (non-hydrogen) atoms. The van der Waals surface area contributed by atoms with Crippen LogP contribution in [0.3, 0.4) is 0 Å². The summed E-state index contributed by atoms with van der Waals surface area (Å²) in [6.45, 7) is 1.63. The number of aromatic nitrogens is 2. The maximum absolute atomic E-state index is 11.5. The van der Waals surface area contributed by atoms with Crippen LogP contribution < -0.4 is 5.56 Å². The Balaban J connectivity index is 3.06. The van der Waals surface area contributed by atoms with Gasteiger partial charge in [0.15, 0.2) is 0 Å². The molecule has 0 fully saturated rings. The maximum atomic E-state index is 11.5.